The first-order valence-electron chi connectivity index (χ1n) is 14.9. The van der Waals surface area contributed by atoms with Crippen molar-refractivity contribution in [3.05, 3.63) is 0 Å². The van der Waals surface area contributed by atoms with Crippen LogP contribution >= 0.6 is 0 Å². The van der Waals surface area contributed by atoms with Crippen LogP contribution < -0.4 is 0 Å². The summed E-state index contributed by atoms with van der Waals surface area (Å²) in [6.07, 6.45) is 34.7. The fourth-order valence-electron chi connectivity index (χ4n) is 4.21. The monoisotopic (exact) mass is 454 g/mol. The Balaban J connectivity index is 0. The largest absolute Gasteiger partial charge is 0.481 e. The van der Waals surface area contributed by atoms with Gasteiger partial charge in [-0.05, 0) is 6.42 Å². The van der Waals surface area contributed by atoms with Crippen molar-refractivity contribution in [2.75, 3.05) is 0 Å². The predicted octanol–water partition coefficient (Wildman–Crippen LogP) is 11.3. The van der Waals surface area contributed by atoms with E-state index in [-0.39, 0.29) is 0 Å². The van der Waals surface area contributed by atoms with Crippen molar-refractivity contribution in [2.45, 2.75) is 188 Å². The molecule has 0 aliphatic heterocycles. The van der Waals surface area contributed by atoms with E-state index in [0.29, 0.717) is 6.42 Å². The highest BCUT2D eigenvalue weighted by atomic mass is 16.4. The highest BCUT2D eigenvalue weighted by Crippen LogP contribution is 2.13. The third kappa shape index (κ3) is 36.8. The van der Waals surface area contributed by atoms with Crippen molar-refractivity contribution in [1.82, 2.24) is 0 Å². The van der Waals surface area contributed by atoms with Crippen molar-refractivity contribution in [1.29, 1.82) is 0 Å². The number of hydrogen-bond donors (Lipinski definition) is 1. The second-order valence-electron chi connectivity index (χ2n) is 9.92. The van der Waals surface area contributed by atoms with Crippen LogP contribution in [0.15, 0.2) is 0 Å². The highest BCUT2D eigenvalue weighted by molar-refractivity contribution is 5.66. The first-order chi connectivity index (χ1) is 15.7. The molecule has 0 atom stereocenters. The van der Waals surface area contributed by atoms with Gasteiger partial charge in [0.15, 0.2) is 0 Å². The van der Waals surface area contributed by atoms with Gasteiger partial charge in [-0.25, -0.2) is 0 Å². The molecule has 0 aliphatic rings. The number of rotatable bonds is 25. The van der Waals surface area contributed by atoms with Gasteiger partial charge in [0.25, 0.3) is 0 Å². The van der Waals surface area contributed by atoms with Crippen molar-refractivity contribution < 1.29 is 9.90 Å². The molecule has 0 aliphatic carbocycles. The smallest absolute Gasteiger partial charge is 0.303 e. The Morgan fingerprint density at radius 3 is 0.750 bits per heavy atom. The summed E-state index contributed by atoms with van der Waals surface area (Å²) >= 11 is 0. The van der Waals surface area contributed by atoms with Gasteiger partial charge in [-0.1, -0.05) is 175 Å². The summed E-state index contributed by atoms with van der Waals surface area (Å²) in [4.78, 5) is 10.3. The first-order valence-corrected chi connectivity index (χ1v) is 14.9. The summed E-state index contributed by atoms with van der Waals surface area (Å²) in [5, 5.41) is 8.47. The highest BCUT2D eigenvalue weighted by Gasteiger charge is 1.97. The summed E-state index contributed by atoms with van der Waals surface area (Å²) in [7, 11) is 0. The summed E-state index contributed by atoms with van der Waals surface area (Å²) in [6, 6.07) is 0. The van der Waals surface area contributed by atoms with Crippen LogP contribution in [0.2, 0.25) is 0 Å². The van der Waals surface area contributed by atoms with Crippen LogP contribution in [0.3, 0.4) is 0 Å². The summed E-state index contributed by atoms with van der Waals surface area (Å²) in [6.45, 7) is 6.83. The standard InChI is InChI=1S/C15H30O2.C15H32/c1-2-3-4-5-6-7-8-9-10-11-12-13-14-15(16)17;1-3-5-7-9-11-13-15-14-12-10-8-6-4-2/h2-14H2,1H3,(H,16,17);3-15H2,1-2H3. The minimum absolute atomic E-state index is 0.345. The van der Waals surface area contributed by atoms with Crippen molar-refractivity contribution in [2.24, 2.45) is 0 Å². The molecule has 0 aromatic carbocycles. The molecule has 0 saturated heterocycles. The lowest BCUT2D eigenvalue weighted by molar-refractivity contribution is -0.137. The number of carboxylic acid groups (broad SMARTS) is 1. The third-order valence-corrected chi connectivity index (χ3v) is 6.45. The van der Waals surface area contributed by atoms with Gasteiger partial charge in [0.1, 0.15) is 0 Å². The molecule has 32 heavy (non-hydrogen) atoms. The Morgan fingerprint density at radius 1 is 0.375 bits per heavy atom. The van der Waals surface area contributed by atoms with E-state index in [1.165, 1.54) is 148 Å². The molecule has 0 saturated carbocycles. The lowest BCUT2D eigenvalue weighted by atomic mass is 10.0. The van der Waals surface area contributed by atoms with Crippen LogP contribution in [0.25, 0.3) is 0 Å². The Morgan fingerprint density at radius 2 is 0.562 bits per heavy atom. The number of carbonyl (C=O) groups is 1. The van der Waals surface area contributed by atoms with Crippen molar-refractivity contribution in [3.63, 3.8) is 0 Å². The maximum Gasteiger partial charge on any atom is 0.303 e. The van der Waals surface area contributed by atoms with E-state index in [1.54, 1.807) is 0 Å². The number of hydrogen-bond acceptors (Lipinski definition) is 1. The average Bonchev–Trinajstić information content (AvgIpc) is 2.78. The van der Waals surface area contributed by atoms with Gasteiger partial charge in [-0.3, -0.25) is 4.79 Å². The number of aliphatic carboxylic acids is 1. The molecule has 0 radical (unpaired) electrons. The summed E-state index contributed by atoms with van der Waals surface area (Å²) < 4.78 is 0. The van der Waals surface area contributed by atoms with E-state index in [0.717, 1.165) is 12.8 Å². The second-order valence-corrected chi connectivity index (χ2v) is 9.92. The Bertz CT molecular complexity index is 315. The van der Waals surface area contributed by atoms with Crippen LogP contribution in [0.5, 0.6) is 0 Å². The van der Waals surface area contributed by atoms with Gasteiger partial charge in [0, 0.05) is 6.42 Å². The van der Waals surface area contributed by atoms with Gasteiger partial charge in [-0.15, -0.1) is 0 Å². The normalized spacial score (nSPS) is 10.7. The second kappa shape index (κ2) is 32.6. The van der Waals surface area contributed by atoms with Gasteiger partial charge in [0.05, 0.1) is 0 Å². The maximum atomic E-state index is 10.3. The quantitative estimate of drug-likeness (QED) is 0.139. The van der Waals surface area contributed by atoms with Gasteiger partial charge < -0.3 is 5.11 Å². The zero-order valence-electron chi connectivity index (χ0n) is 22.7. The summed E-state index contributed by atoms with van der Waals surface area (Å²) in [5.41, 5.74) is 0. The van der Waals surface area contributed by atoms with E-state index in [9.17, 15) is 4.79 Å². The Labute approximate surface area is 203 Å². The van der Waals surface area contributed by atoms with E-state index in [2.05, 4.69) is 20.8 Å². The van der Waals surface area contributed by atoms with Crippen LogP contribution in [0.1, 0.15) is 188 Å². The molecule has 1 N–H and O–H groups in total. The zero-order chi connectivity index (χ0) is 24.0. The Hall–Kier alpha value is -0.530. The lowest BCUT2D eigenvalue weighted by Gasteiger charge is -2.02. The lowest BCUT2D eigenvalue weighted by Crippen LogP contribution is -1.93. The molecule has 0 fully saturated rings. The predicted molar refractivity (Wildman–Crippen MR) is 145 cm³/mol. The SMILES string of the molecule is CCCCCCCCCCCCCCC.CCCCCCCCCCCCCCC(=O)O. The molecule has 0 spiro atoms. The van der Waals surface area contributed by atoms with E-state index < -0.39 is 5.97 Å². The Kier molecular flexibility index (Phi) is 34.3. The molecule has 0 bridgehead atoms. The molecule has 0 heterocycles. The molecule has 0 rings (SSSR count). The fourth-order valence-corrected chi connectivity index (χ4v) is 4.21. The van der Waals surface area contributed by atoms with Crippen LogP contribution in [0.4, 0.5) is 0 Å². The number of unbranched alkanes of at least 4 members (excludes halogenated alkanes) is 23. The zero-order valence-corrected chi connectivity index (χ0v) is 22.7. The van der Waals surface area contributed by atoms with Gasteiger partial charge >= 0.3 is 5.97 Å². The molecule has 2 heteroatoms. The topological polar surface area (TPSA) is 37.3 Å². The molecule has 0 unspecified atom stereocenters. The minimum atomic E-state index is -0.655. The van der Waals surface area contributed by atoms with Crippen LogP contribution in [-0.2, 0) is 4.79 Å². The maximum absolute atomic E-state index is 10.3. The third-order valence-electron chi connectivity index (χ3n) is 6.45. The minimum Gasteiger partial charge on any atom is -0.481 e. The first kappa shape index (κ1) is 33.6. The molecule has 194 valence electrons. The fraction of sp³-hybridized carbons (Fsp3) is 0.967. The number of carboxylic acids is 1. The van der Waals surface area contributed by atoms with Gasteiger partial charge in [0.2, 0.25) is 0 Å². The molecular formula is C30H62O2. The van der Waals surface area contributed by atoms with E-state index >= 15 is 0 Å². The molecule has 2 nitrogen and oxygen atoms in total. The summed E-state index contributed by atoms with van der Waals surface area (Å²) in [5.74, 6) is -0.655. The molecule has 0 aromatic heterocycles. The van der Waals surface area contributed by atoms with E-state index in [1.807, 2.05) is 0 Å². The molecular weight excluding hydrogens is 392 g/mol. The van der Waals surface area contributed by atoms with Crippen LogP contribution in [-0.4, -0.2) is 11.1 Å². The van der Waals surface area contributed by atoms with E-state index in [4.69, 9.17) is 5.11 Å². The van der Waals surface area contributed by atoms with Crippen molar-refractivity contribution >= 4 is 5.97 Å². The van der Waals surface area contributed by atoms with Gasteiger partial charge in [-0.2, -0.15) is 0 Å². The van der Waals surface area contributed by atoms with Crippen LogP contribution in [0, 0.1) is 0 Å². The molecule has 0 aromatic rings. The molecule has 0 amide bonds. The van der Waals surface area contributed by atoms with Crippen molar-refractivity contribution in [3.8, 4) is 0 Å². The average molecular weight is 455 g/mol.